The Morgan fingerprint density at radius 2 is 1.75 bits per heavy atom. The highest BCUT2D eigenvalue weighted by atomic mass is 32.2. The van der Waals surface area contributed by atoms with Gasteiger partial charge in [0.1, 0.15) is 0 Å². The number of hydrogen-bond donors (Lipinski definition) is 0. The topological polar surface area (TPSA) is 84.2 Å². The molecule has 1 saturated carbocycles. The Labute approximate surface area is 165 Å². The summed E-state index contributed by atoms with van der Waals surface area (Å²) in [6, 6.07) is 19.6. The molecule has 0 aliphatic heterocycles. The fourth-order valence-electron chi connectivity index (χ4n) is 4.23. The van der Waals surface area contributed by atoms with Gasteiger partial charge < -0.3 is 4.74 Å². The van der Waals surface area contributed by atoms with Gasteiger partial charge in [0.2, 0.25) is 0 Å². The van der Waals surface area contributed by atoms with Crippen LogP contribution in [0, 0.1) is 17.2 Å². The van der Waals surface area contributed by atoms with Gasteiger partial charge in [-0.3, -0.25) is 4.79 Å². The molecule has 3 rings (SSSR count). The van der Waals surface area contributed by atoms with E-state index >= 15 is 0 Å². The zero-order valence-electron chi connectivity index (χ0n) is 15.7. The summed E-state index contributed by atoms with van der Waals surface area (Å²) in [5, 5.41) is 10.1. The van der Waals surface area contributed by atoms with E-state index in [1.807, 2.05) is 30.3 Å². The number of nitrogens with zero attached hydrogens (tertiary/aromatic N) is 1. The molecule has 0 amide bonds. The van der Waals surface area contributed by atoms with Crippen LogP contribution in [0.15, 0.2) is 65.6 Å². The quantitative estimate of drug-likeness (QED) is 0.691. The molecule has 2 aromatic carbocycles. The first-order valence-electron chi connectivity index (χ1n) is 9.37. The van der Waals surface area contributed by atoms with Crippen molar-refractivity contribution in [3.63, 3.8) is 0 Å². The number of carbonyl (C=O) groups excluding carboxylic acids is 1. The average Bonchev–Trinajstić information content (AvgIpc) is 3.09. The molecule has 0 N–H and O–H groups in total. The lowest BCUT2D eigenvalue weighted by Crippen LogP contribution is -2.43. The van der Waals surface area contributed by atoms with E-state index in [-0.39, 0.29) is 30.3 Å². The largest absolute Gasteiger partial charge is 0.466 e. The molecule has 3 atom stereocenters. The van der Waals surface area contributed by atoms with Crippen molar-refractivity contribution >= 4 is 15.8 Å². The minimum absolute atomic E-state index is 0.104. The molecule has 0 spiro atoms. The predicted octanol–water partition coefficient (Wildman–Crippen LogP) is 3.87. The summed E-state index contributed by atoms with van der Waals surface area (Å²) in [6.45, 7) is 1.92. The molecule has 28 heavy (non-hydrogen) atoms. The molecule has 0 unspecified atom stereocenters. The Bertz CT molecular complexity index is 967. The standard InChI is InChI=1S/C22H23NO4S/c1-2-27-21(24)15-20-19(17-9-5-3-6-10-17)13-14-22(20,16-23)28(25,26)18-11-7-4-8-12-18/h3-12,19-20H,2,13-15H2,1H3/t19-,20-,22+/m0/s1. The highest BCUT2D eigenvalue weighted by Gasteiger charge is 2.58. The molecule has 5 nitrogen and oxygen atoms in total. The summed E-state index contributed by atoms with van der Waals surface area (Å²) in [7, 11) is -3.97. The summed E-state index contributed by atoms with van der Waals surface area (Å²) < 4.78 is 30.5. The molecule has 2 aromatic rings. The average molecular weight is 397 g/mol. The van der Waals surface area contributed by atoms with Crippen LogP contribution < -0.4 is 0 Å². The summed E-state index contributed by atoms with van der Waals surface area (Å²) in [5.41, 5.74) is 0.942. The Morgan fingerprint density at radius 1 is 1.14 bits per heavy atom. The zero-order valence-corrected chi connectivity index (χ0v) is 16.6. The van der Waals surface area contributed by atoms with Crippen LogP contribution in [0.4, 0.5) is 0 Å². The van der Waals surface area contributed by atoms with E-state index in [9.17, 15) is 18.5 Å². The van der Waals surface area contributed by atoms with E-state index in [4.69, 9.17) is 4.74 Å². The van der Waals surface area contributed by atoms with Gasteiger partial charge in [-0.2, -0.15) is 5.26 Å². The third-order valence-electron chi connectivity index (χ3n) is 5.55. The number of nitriles is 1. The van der Waals surface area contributed by atoms with Crippen molar-refractivity contribution < 1.29 is 17.9 Å². The van der Waals surface area contributed by atoms with Gasteiger partial charge in [0.25, 0.3) is 0 Å². The lowest BCUT2D eigenvalue weighted by Gasteiger charge is -2.31. The summed E-state index contributed by atoms with van der Waals surface area (Å²) in [5.74, 6) is -1.36. The van der Waals surface area contributed by atoms with Crippen molar-refractivity contribution in [2.75, 3.05) is 6.61 Å². The second-order valence-corrected chi connectivity index (χ2v) is 9.20. The maximum Gasteiger partial charge on any atom is 0.306 e. The Kier molecular flexibility index (Phi) is 5.85. The first-order chi connectivity index (χ1) is 13.5. The fourth-order valence-corrected chi connectivity index (χ4v) is 6.32. The summed E-state index contributed by atoms with van der Waals surface area (Å²) in [6.07, 6.45) is 0.602. The lowest BCUT2D eigenvalue weighted by molar-refractivity contribution is -0.144. The fraction of sp³-hybridized carbons (Fsp3) is 0.364. The monoisotopic (exact) mass is 397 g/mol. The number of esters is 1. The molecule has 1 aliphatic rings. The van der Waals surface area contributed by atoms with Gasteiger partial charge >= 0.3 is 5.97 Å². The first kappa shape index (κ1) is 20.1. The van der Waals surface area contributed by atoms with Crippen LogP contribution in [0.25, 0.3) is 0 Å². The maximum absolute atomic E-state index is 13.5. The highest BCUT2D eigenvalue weighted by molar-refractivity contribution is 7.93. The van der Waals surface area contributed by atoms with E-state index in [0.29, 0.717) is 6.42 Å². The van der Waals surface area contributed by atoms with E-state index in [2.05, 4.69) is 6.07 Å². The lowest BCUT2D eigenvalue weighted by atomic mass is 9.82. The summed E-state index contributed by atoms with van der Waals surface area (Å²) >= 11 is 0. The molecule has 0 radical (unpaired) electrons. The third-order valence-corrected chi connectivity index (χ3v) is 8.00. The molecular weight excluding hydrogens is 374 g/mol. The SMILES string of the molecule is CCOC(=O)C[C@H]1[C@H](c2ccccc2)CC[C@]1(C#N)S(=O)(=O)c1ccccc1. The normalized spacial score (nSPS) is 24.4. The number of ether oxygens (including phenoxy) is 1. The van der Waals surface area contributed by atoms with Gasteiger partial charge in [-0.15, -0.1) is 0 Å². The smallest absolute Gasteiger partial charge is 0.306 e. The number of hydrogen-bond acceptors (Lipinski definition) is 5. The third kappa shape index (κ3) is 3.43. The van der Waals surface area contributed by atoms with Gasteiger partial charge in [0.05, 0.1) is 24.0 Å². The van der Waals surface area contributed by atoms with Gasteiger partial charge in [0, 0.05) is 5.92 Å². The van der Waals surface area contributed by atoms with Crippen LogP contribution in [0.5, 0.6) is 0 Å². The Balaban J connectivity index is 2.10. The highest BCUT2D eigenvalue weighted by Crippen LogP contribution is 2.53. The molecule has 0 aromatic heterocycles. The number of rotatable bonds is 6. The van der Waals surface area contributed by atoms with Crippen molar-refractivity contribution in [2.24, 2.45) is 5.92 Å². The molecule has 146 valence electrons. The molecule has 0 heterocycles. The van der Waals surface area contributed by atoms with E-state index in [1.165, 1.54) is 12.1 Å². The molecule has 1 fully saturated rings. The number of carbonyl (C=O) groups is 1. The minimum Gasteiger partial charge on any atom is -0.466 e. The zero-order chi connectivity index (χ0) is 20.2. The number of sulfone groups is 1. The molecule has 1 aliphatic carbocycles. The van der Waals surface area contributed by atoms with Crippen LogP contribution >= 0.6 is 0 Å². The van der Waals surface area contributed by atoms with Gasteiger partial charge in [0.15, 0.2) is 14.6 Å². The predicted molar refractivity (Wildman–Crippen MR) is 105 cm³/mol. The van der Waals surface area contributed by atoms with Crippen molar-refractivity contribution in [1.82, 2.24) is 0 Å². The molecule has 6 heteroatoms. The van der Waals surface area contributed by atoms with Crippen LogP contribution in [0.1, 0.15) is 37.7 Å². The van der Waals surface area contributed by atoms with Gasteiger partial charge in [-0.1, -0.05) is 48.5 Å². The van der Waals surface area contributed by atoms with Crippen molar-refractivity contribution in [2.45, 2.75) is 41.7 Å². The Morgan fingerprint density at radius 3 is 2.32 bits per heavy atom. The maximum atomic E-state index is 13.5. The second-order valence-electron chi connectivity index (χ2n) is 6.99. The Hall–Kier alpha value is -2.65. The molecule has 0 bridgehead atoms. The van der Waals surface area contributed by atoms with E-state index in [0.717, 1.165) is 5.56 Å². The molecule has 0 saturated heterocycles. The van der Waals surface area contributed by atoms with Crippen molar-refractivity contribution in [3.8, 4) is 6.07 Å². The van der Waals surface area contributed by atoms with Crippen molar-refractivity contribution in [1.29, 1.82) is 5.26 Å². The second kappa shape index (κ2) is 8.15. The van der Waals surface area contributed by atoms with Crippen LogP contribution in [0.3, 0.4) is 0 Å². The minimum atomic E-state index is -3.97. The summed E-state index contributed by atoms with van der Waals surface area (Å²) in [4.78, 5) is 12.4. The van der Waals surface area contributed by atoms with Gasteiger partial charge in [-0.05, 0) is 43.4 Å². The van der Waals surface area contributed by atoms with Crippen LogP contribution in [-0.4, -0.2) is 25.7 Å². The van der Waals surface area contributed by atoms with E-state index < -0.39 is 26.5 Å². The first-order valence-corrected chi connectivity index (χ1v) is 10.9. The molecular formula is C22H23NO4S. The van der Waals surface area contributed by atoms with Crippen molar-refractivity contribution in [3.05, 3.63) is 66.2 Å². The van der Waals surface area contributed by atoms with Crippen LogP contribution in [0.2, 0.25) is 0 Å². The van der Waals surface area contributed by atoms with Crippen LogP contribution in [-0.2, 0) is 19.4 Å². The van der Waals surface area contributed by atoms with Gasteiger partial charge in [-0.25, -0.2) is 8.42 Å². The van der Waals surface area contributed by atoms with E-state index in [1.54, 1.807) is 25.1 Å². The number of benzene rings is 2.